The molecular weight excluding hydrogens is 721 g/mol. The first-order valence-electron chi connectivity index (χ1n) is 20.0. The number of aliphatic hydroxyl groups is 2. The molecule has 1 fully saturated rings. The number of anilines is 1. The molecule has 308 valence electrons. The maximum absolute atomic E-state index is 12.8. The molecule has 0 amide bonds. The fourth-order valence-electron chi connectivity index (χ4n) is 6.31. The Kier molecular flexibility index (Phi) is 21.5. The van der Waals surface area contributed by atoms with Crippen molar-refractivity contribution in [2.75, 3.05) is 25.6 Å². The van der Waals surface area contributed by atoms with Gasteiger partial charge in [0.25, 0.3) is 7.82 Å². The minimum Gasteiger partial charge on any atom is -0.756 e. The first-order valence-corrected chi connectivity index (χ1v) is 21.4. The van der Waals surface area contributed by atoms with Gasteiger partial charge in [-0.15, -0.1) is 0 Å². The Balaban J connectivity index is 1.46. The van der Waals surface area contributed by atoms with Crippen molar-refractivity contribution in [1.29, 1.82) is 0 Å². The third kappa shape index (κ3) is 16.6. The Morgan fingerprint density at radius 2 is 1.37 bits per heavy atom. The minimum absolute atomic E-state index is 0.108. The van der Waals surface area contributed by atoms with Gasteiger partial charge in [0.05, 0.1) is 19.5 Å². The van der Waals surface area contributed by atoms with Crippen LogP contribution in [0.15, 0.2) is 12.7 Å². The molecule has 0 aromatic carbocycles. The molecule has 4 N–H and O–H groups in total. The summed E-state index contributed by atoms with van der Waals surface area (Å²) in [5.41, 5.74) is 6.34. The molecule has 6 atom stereocenters. The number of phosphoric acid groups is 1. The largest absolute Gasteiger partial charge is 0.756 e. The summed E-state index contributed by atoms with van der Waals surface area (Å²) in [4.78, 5) is 50.0. The summed E-state index contributed by atoms with van der Waals surface area (Å²) in [5, 5.41) is 21.3. The van der Waals surface area contributed by atoms with Crippen LogP contribution in [0.25, 0.3) is 11.2 Å². The monoisotopic (exact) mass is 784 g/mol. The summed E-state index contributed by atoms with van der Waals surface area (Å²) in [6.07, 6.45) is 15.7. The van der Waals surface area contributed by atoms with Crippen LogP contribution < -0.4 is 10.6 Å². The quantitative estimate of drug-likeness (QED) is 0.0481. The van der Waals surface area contributed by atoms with Crippen LogP contribution in [0.5, 0.6) is 0 Å². The number of hydrogen-bond acceptors (Lipinski definition) is 15. The van der Waals surface area contributed by atoms with Crippen LogP contribution in [0.3, 0.4) is 0 Å². The minimum atomic E-state index is -5.05. The van der Waals surface area contributed by atoms with Crippen molar-refractivity contribution in [3.05, 3.63) is 12.7 Å². The number of carbonyl (C=O) groups is 2. The van der Waals surface area contributed by atoms with Gasteiger partial charge in [0, 0.05) is 12.8 Å². The predicted octanol–water partition coefficient (Wildman–Crippen LogP) is 5.83. The van der Waals surface area contributed by atoms with Gasteiger partial charge in [-0.2, -0.15) is 0 Å². The second-order valence-electron chi connectivity index (χ2n) is 14.1. The molecule has 0 radical (unpaired) electrons. The number of rotatable bonds is 30. The molecule has 1 aliphatic heterocycles. The number of fused-ring (bicyclic) bond motifs is 1. The zero-order valence-corrected chi connectivity index (χ0v) is 33.1. The van der Waals surface area contributed by atoms with Crippen LogP contribution in [0.2, 0.25) is 0 Å². The Labute approximate surface area is 319 Å². The molecule has 1 saturated heterocycles. The number of aliphatic hydroxyl groups excluding tert-OH is 2. The van der Waals surface area contributed by atoms with Crippen molar-refractivity contribution in [3.63, 3.8) is 0 Å². The number of nitrogens with zero attached hydrogens (tertiary/aromatic N) is 4. The zero-order chi connectivity index (χ0) is 39.2. The Hall–Kier alpha value is -2.72. The van der Waals surface area contributed by atoms with E-state index in [4.69, 9.17) is 29.0 Å². The standard InChI is InChI=1S/C37H64N5O11P/c1-3-5-7-9-11-13-15-17-19-21-30(43)49-23-28(52-31(44)22-20-18-16-14-12-10-8-6-4-2)24-50-54(47,48)51-25-29-33(45)34(46)37(53-29)42-27-41-32-35(38)39-26-40-36(32)42/h26-29,33-34,37,45-46H,3-25H2,1-2H3,(H,47,48)(H2,38,39,40)/p-1/t28-,29-,33-,34-,37-/m1/s1. The number of unbranched alkanes of at least 4 members (excludes halogenated alkanes) is 16. The van der Waals surface area contributed by atoms with Crippen LogP contribution >= 0.6 is 7.82 Å². The molecular formula is C37H63N5O11P-. The molecule has 2 aromatic rings. The van der Waals surface area contributed by atoms with E-state index >= 15 is 0 Å². The van der Waals surface area contributed by atoms with Crippen molar-refractivity contribution >= 4 is 36.7 Å². The zero-order valence-electron chi connectivity index (χ0n) is 32.2. The van der Waals surface area contributed by atoms with Crippen LogP contribution in [-0.4, -0.2) is 85.9 Å². The summed E-state index contributed by atoms with van der Waals surface area (Å²) in [7, 11) is -5.05. The third-order valence-corrected chi connectivity index (χ3v) is 10.4. The summed E-state index contributed by atoms with van der Waals surface area (Å²) in [5.74, 6) is -0.915. The highest BCUT2D eigenvalue weighted by Gasteiger charge is 2.45. The summed E-state index contributed by atoms with van der Waals surface area (Å²) in [6, 6.07) is 0. The van der Waals surface area contributed by atoms with E-state index in [1.54, 1.807) is 0 Å². The van der Waals surface area contributed by atoms with Crippen molar-refractivity contribution in [2.45, 2.75) is 173 Å². The summed E-state index contributed by atoms with van der Waals surface area (Å²) in [6.45, 7) is 2.64. The molecule has 0 spiro atoms. The second kappa shape index (κ2) is 25.4. The third-order valence-electron chi connectivity index (χ3n) is 9.51. The van der Waals surface area contributed by atoms with E-state index in [0.717, 1.165) is 38.5 Å². The van der Waals surface area contributed by atoms with Crippen molar-refractivity contribution in [3.8, 4) is 0 Å². The Morgan fingerprint density at radius 3 is 1.96 bits per heavy atom. The van der Waals surface area contributed by atoms with Gasteiger partial charge in [0.1, 0.15) is 36.8 Å². The van der Waals surface area contributed by atoms with E-state index < -0.39 is 63.6 Å². The molecule has 0 aliphatic carbocycles. The molecule has 3 heterocycles. The number of esters is 2. The smallest absolute Gasteiger partial charge is 0.306 e. The molecule has 1 aliphatic rings. The lowest BCUT2D eigenvalue weighted by Gasteiger charge is -2.27. The topological polar surface area (TPSA) is 230 Å². The average molecular weight is 785 g/mol. The number of aromatic nitrogens is 4. The van der Waals surface area contributed by atoms with E-state index in [-0.39, 0.29) is 36.4 Å². The van der Waals surface area contributed by atoms with Gasteiger partial charge in [-0.1, -0.05) is 117 Å². The van der Waals surface area contributed by atoms with Crippen LogP contribution in [0, 0.1) is 0 Å². The highest BCUT2D eigenvalue weighted by molar-refractivity contribution is 7.45. The molecule has 17 heteroatoms. The SMILES string of the molecule is CCCCCCCCCCCC(=O)OC[C@H](COP(=O)([O-])OC[C@H]1O[C@@H](n2cnc3c(N)ncnc32)[C@H](O)[C@@H]1O)OC(=O)CCCCCCCCCCC. The number of nitrogens with two attached hydrogens (primary N) is 1. The number of ether oxygens (including phenoxy) is 3. The lowest BCUT2D eigenvalue weighted by molar-refractivity contribution is -0.231. The van der Waals surface area contributed by atoms with Gasteiger partial charge in [-0.3, -0.25) is 18.7 Å². The van der Waals surface area contributed by atoms with E-state index in [2.05, 4.69) is 28.8 Å². The molecule has 54 heavy (non-hydrogen) atoms. The average Bonchev–Trinajstić information content (AvgIpc) is 3.71. The van der Waals surface area contributed by atoms with Gasteiger partial charge in [0.15, 0.2) is 23.8 Å². The number of hydrogen-bond donors (Lipinski definition) is 3. The first kappa shape index (κ1) is 45.7. The summed E-state index contributed by atoms with van der Waals surface area (Å²) < 4.78 is 40.7. The van der Waals surface area contributed by atoms with Crippen molar-refractivity contribution in [1.82, 2.24) is 19.5 Å². The molecule has 0 saturated carbocycles. The van der Waals surface area contributed by atoms with Crippen molar-refractivity contribution < 1.29 is 52.5 Å². The van der Waals surface area contributed by atoms with Crippen LogP contribution in [0.4, 0.5) is 5.82 Å². The lowest BCUT2D eigenvalue weighted by atomic mass is 10.1. The highest BCUT2D eigenvalue weighted by Crippen LogP contribution is 2.41. The van der Waals surface area contributed by atoms with Gasteiger partial charge < -0.3 is 44.1 Å². The van der Waals surface area contributed by atoms with Crippen molar-refractivity contribution in [2.24, 2.45) is 0 Å². The lowest BCUT2D eigenvalue weighted by Crippen LogP contribution is -2.34. The molecule has 0 bridgehead atoms. The van der Waals surface area contributed by atoms with Gasteiger partial charge in [0.2, 0.25) is 0 Å². The normalized spacial score (nSPS) is 20.2. The van der Waals surface area contributed by atoms with E-state index in [9.17, 15) is 29.3 Å². The van der Waals surface area contributed by atoms with E-state index in [0.29, 0.717) is 12.8 Å². The van der Waals surface area contributed by atoms with Crippen LogP contribution in [-0.2, 0) is 37.4 Å². The maximum Gasteiger partial charge on any atom is 0.306 e. The number of phosphoric ester groups is 1. The Morgan fingerprint density at radius 1 is 0.815 bits per heavy atom. The second-order valence-corrected chi connectivity index (χ2v) is 15.5. The molecule has 2 aromatic heterocycles. The predicted molar refractivity (Wildman–Crippen MR) is 200 cm³/mol. The fraction of sp³-hybridized carbons (Fsp3) is 0.811. The number of nitrogen functional groups attached to an aromatic ring is 1. The fourth-order valence-corrected chi connectivity index (χ4v) is 7.06. The van der Waals surface area contributed by atoms with Gasteiger partial charge >= 0.3 is 11.9 Å². The van der Waals surface area contributed by atoms with E-state index in [1.807, 2.05) is 0 Å². The highest BCUT2D eigenvalue weighted by atomic mass is 31.2. The van der Waals surface area contributed by atoms with Crippen LogP contribution in [0.1, 0.15) is 148 Å². The van der Waals surface area contributed by atoms with Gasteiger partial charge in [-0.25, -0.2) is 15.0 Å². The van der Waals surface area contributed by atoms with Gasteiger partial charge in [-0.05, 0) is 12.8 Å². The van der Waals surface area contributed by atoms with E-state index in [1.165, 1.54) is 81.4 Å². The summed E-state index contributed by atoms with van der Waals surface area (Å²) >= 11 is 0. The molecule has 1 unspecified atom stereocenters. The molecule has 16 nitrogen and oxygen atoms in total. The molecule has 3 rings (SSSR count). The number of carbonyl (C=O) groups excluding carboxylic acids is 2. The Bertz CT molecular complexity index is 1420. The first-order chi connectivity index (χ1) is 26.1. The maximum atomic E-state index is 12.8. The number of imidazole rings is 1.